The summed E-state index contributed by atoms with van der Waals surface area (Å²) in [5.41, 5.74) is 1.94. The van der Waals surface area contributed by atoms with E-state index in [-0.39, 0.29) is 23.0 Å². The molecule has 0 aromatic heterocycles. The van der Waals surface area contributed by atoms with E-state index in [4.69, 9.17) is 11.6 Å². The molecule has 0 aliphatic rings. The van der Waals surface area contributed by atoms with Gasteiger partial charge in [-0.2, -0.15) is 0 Å². The highest BCUT2D eigenvalue weighted by molar-refractivity contribution is 9.10. The van der Waals surface area contributed by atoms with Gasteiger partial charge in [0.2, 0.25) is 11.8 Å². The summed E-state index contributed by atoms with van der Waals surface area (Å²) in [6.45, 7) is 5.28. The van der Waals surface area contributed by atoms with Crippen LogP contribution in [0, 0.1) is 6.92 Å². The minimum atomic E-state index is -4.13. The fourth-order valence-corrected chi connectivity index (χ4v) is 5.54. The first-order chi connectivity index (χ1) is 17.5. The number of anilines is 1. The van der Waals surface area contributed by atoms with Crippen LogP contribution < -0.4 is 9.62 Å². The van der Waals surface area contributed by atoms with Crippen molar-refractivity contribution < 1.29 is 18.0 Å². The van der Waals surface area contributed by atoms with Gasteiger partial charge in [0.25, 0.3) is 10.0 Å². The molecule has 7 nitrogen and oxygen atoms in total. The number of aryl methyl sites for hydroxylation is 1. The van der Waals surface area contributed by atoms with Gasteiger partial charge in [-0.05, 0) is 68.8 Å². The SMILES string of the molecule is CCNC(=O)[C@@H](C)N(Cc1ccc(Br)cc1)C(=O)CN(c1cccc(Cl)c1)S(=O)(=O)c1ccc(C)cc1. The Morgan fingerprint density at radius 3 is 2.27 bits per heavy atom. The van der Waals surface area contributed by atoms with E-state index in [1.54, 1.807) is 44.2 Å². The maximum Gasteiger partial charge on any atom is 0.264 e. The molecule has 3 aromatic carbocycles. The van der Waals surface area contributed by atoms with Crippen LogP contribution in [-0.2, 0) is 26.2 Å². The molecule has 3 rings (SSSR count). The summed E-state index contributed by atoms with van der Waals surface area (Å²) in [6.07, 6.45) is 0. The molecule has 0 saturated heterocycles. The number of hydrogen-bond acceptors (Lipinski definition) is 4. The molecular weight excluding hydrogens is 578 g/mol. The molecule has 3 aromatic rings. The van der Waals surface area contributed by atoms with Gasteiger partial charge < -0.3 is 10.2 Å². The van der Waals surface area contributed by atoms with Crippen molar-refractivity contribution in [3.8, 4) is 0 Å². The van der Waals surface area contributed by atoms with E-state index in [0.717, 1.165) is 19.9 Å². The van der Waals surface area contributed by atoms with Crippen molar-refractivity contribution in [1.82, 2.24) is 10.2 Å². The molecular formula is C27H29BrClN3O4S. The Labute approximate surface area is 231 Å². The topological polar surface area (TPSA) is 86.8 Å². The number of amides is 2. The van der Waals surface area contributed by atoms with Crippen LogP contribution in [0.3, 0.4) is 0 Å². The van der Waals surface area contributed by atoms with Gasteiger partial charge in [-0.3, -0.25) is 13.9 Å². The van der Waals surface area contributed by atoms with E-state index in [9.17, 15) is 18.0 Å². The van der Waals surface area contributed by atoms with Gasteiger partial charge in [-0.1, -0.05) is 63.4 Å². The highest BCUT2D eigenvalue weighted by Crippen LogP contribution is 2.27. The van der Waals surface area contributed by atoms with Gasteiger partial charge in [0.05, 0.1) is 10.6 Å². The minimum Gasteiger partial charge on any atom is -0.355 e. The second-order valence-corrected chi connectivity index (χ2v) is 11.7. The summed E-state index contributed by atoms with van der Waals surface area (Å²) < 4.78 is 29.4. The quantitative estimate of drug-likeness (QED) is 0.346. The average Bonchev–Trinajstić information content (AvgIpc) is 2.86. The fraction of sp³-hybridized carbons (Fsp3) is 0.259. The molecule has 10 heteroatoms. The third kappa shape index (κ3) is 7.34. The Morgan fingerprint density at radius 1 is 1.03 bits per heavy atom. The first-order valence-corrected chi connectivity index (χ1v) is 14.3. The number of carbonyl (C=O) groups is 2. The number of rotatable bonds is 10. The number of nitrogens with zero attached hydrogens (tertiary/aromatic N) is 2. The molecule has 1 atom stereocenters. The predicted molar refractivity (Wildman–Crippen MR) is 150 cm³/mol. The Kier molecular flexibility index (Phi) is 9.75. The lowest BCUT2D eigenvalue weighted by molar-refractivity contribution is -0.139. The van der Waals surface area contributed by atoms with Crippen LogP contribution in [0.5, 0.6) is 0 Å². The van der Waals surface area contributed by atoms with Gasteiger partial charge in [-0.25, -0.2) is 8.42 Å². The van der Waals surface area contributed by atoms with Crippen LogP contribution in [0.1, 0.15) is 25.0 Å². The Balaban J connectivity index is 2.02. The smallest absolute Gasteiger partial charge is 0.264 e. The zero-order valence-corrected chi connectivity index (χ0v) is 24.0. The van der Waals surface area contributed by atoms with Crippen molar-refractivity contribution in [2.75, 3.05) is 17.4 Å². The lowest BCUT2D eigenvalue weighted by atomic mass is 10.1. The molecule has 0 unspecified atom stereocenters. The molecule has 0 bridgehead atoms. The molecule has 0 spiro atoms. The van der Waals surface area contributed by atoms with E-state index in [1.165, 1.54) is 23.1 Å². The lowest BCUT2D eigenvalue weighted by Gasteiger charge is -2.32. The largest absolute Gasteiger partial charge is 0.355 e. The molecule has 2 amide bonds. The van der Waals surface area contributed by atoms with Gasteiger partial charge in [-0.15, -0.1) is 0 Å². The highest BCUT2D eigenvalue weighted by Gasteiger charge is 2.32. The monoisotopic (exact) mass is 605 g/mol. The van der Waals surface area contributed by atoms with Gasteiger partial charge in [0.1, 0.15) is 12.6 Å². The number of likely N-dealkylation sites (N-methyl/N-ethyl adjacent to an activating group) is 1. The first-order valence-electron chi connectivity index (χ1n) is 11.7. The molecule has 0 aliphatic heterocycles. The molecule has 0 heterocycles. The van der Waals surface area contributed by atoms with Crippen LogP contribution in [0.25, 0.3) is 0 Å². The molecule has 0 radical (unpaired) electrons. The van der Waals surface area contributed by atoms with E-state index in [2.05, 4.69) is 21.2 Å². The maximum absolute atomic E-state index is 13.8. The molecule has 1 N–H and O–H groups in total. The predicted octanol–water partition coefficient (Wildman–Crippen LogP) is 5.16. The standard InChI is InChI=1S/C27H29BrClN3O4S/c1-4-30-27(34)20(3)31(17-21-10-12-22(28)13-11-21)26(33)18-32(24-7-5-6-23(29)16-24)37(35,36)25-14-8-19(2)9-15-25/h5-16,20H,4,17-18H2,1-3H3,(H,30,34)/t20-/m1/s1. The zero-order chi connectivity index (χ0) is 27.2. The number of sulfonamides is 1. The zero-order valence-electron chi connectivity index (χ0n) is 20.8. The summed E-state index contributed by atoms with van der Waals surface area (Å²) >= 11 is 9.58. The second-order valence-electron chi connectivity index (χ2n) is 8.52. The van der Waals surface area contributed by atoms with Crippen LogP contribution in [-0.4, -0.2) is 44.3 Å². The third-order valence-corrected chi connectivity index (χ3v) is 8.32. The summed E-state index contributed by atoms with van der Waals surface area (Å²) in [4.78, 5) is 27.9. The summed E-state index contributed by atoms with van der Waals surface area (Å²) in [6, 6.07) is 19.3. The molecule has 0 aliphatic carbocycles. The second kappa shape index (κ2) is 12.6. The summed E-state index contributed by atoms with van der Waals surface area (Å²) in [5, 5.41) is 3.07. The van der Waals surface area contributed by atoms with E-state index in [0.29, 0.717) is 11.6 Å². The van der Waals surface area contributed by atoms with Crippen molar-refractivity contribution in [2.45, 2.75) is 38.3 Å². The van der Waals surface area contributed by atoms with E-state index >= 15 is 0 Å². The van der Waals surface area contributed by atoms with Crippen LogP contribution in [0.2, 0.25) is 5.02 Å². The lowest BCUT2D eigenvalue weighted by Crippen LogP contribution is -2.51. The van der Waals surface area contributed by atoms with E-state index in [1.807, 2.05) is 31.2 Å². The van der Waals surface area contributed by atoms with E-state index < -0.39 is 28.5 Å². The summed E-state index contributed by atoms with van der Waals surface area (Å²) in [7, 11) is -4.13. The Hall–Kier alpha value is -2.88. The van der Waals surface area contributed by atoms with Crippen LogP contribution >= 0.6 is 27.5 Å². The van der Waals surface area contributed by atoms with Crippen molar-refractivity contribution in [3.63, 3.8) is 0 Å². The fourth-order valence-electron chi connectivity index (χ4n) is 3.69. The van der Waals surface area contributed by atoms with Gasteiger partial charge in [0.15, 0.2) is 0 Å². The number of benzene rings is 3. The minimum absolute atomic E-state index is 0.0436. The Bertz CT molecular complexity index is 1350. The normalized spacial score (nSPS) is 12.0. The van der Waals surface area contributed by atoms with Crippen LogP contribution in [0.15, 0.2) is 82.2 Å². The number of hydrogen-bond donors (Lipinski definition) is 1. The third-order valence-electron chi connectivity index (χ3n) is 5.77. The van der Waals surface area contributed by atoms with Gasteiger partial charge in [0, 0.05) is 22.6 Å². The maximum atomic E-state index is 13.8. The molecule has 37 heavy (non-hydrogen) atoms. The molecule has 0 saturated carbocycles. The van der Waals surface area contributed by atoms with Crippen molar-refractivity contribution >= 4 is 55.1 Å². The van der Waals surface area contributed by atoms with Crippen molar-refractivity contribution in [2.24, 2.45) is 0 Å². The number of carbonyl (C=O) groups excluding carboxylic acids is 2. The first kappa shape index (κ1) is 28.7. The molecule has 0 fully saturated rings. The Morgan fingerprint density at radius 2 is 1.68 bits per heavy atom. The van der Waals surface area contributed by atoms with Crippen molar-refractivity contribution in [1.29, 1.82) is 0 Å². The van der Waals surface area contributed by atoms with Crippen molar-refractivity contribution in [3.05, 3.63) is 93.4 Å². The number of nitrogens with one attached hydrogen (secondary N) is 1. The highest BCUT2D eigenvalue weighted by atomic mass is 79.9. The molecule has 196 valence electrons. The van der Waals surface area contributed by atoms with Crippen LogP contribution in [0.4, 0.5) is 5.69 Å². The van der Waals surface area contributed by atoms with Gasteiger partial charge >= 0.3 is 0 Å². The average molecular weight is 607 g/mol. The summed E-state index contributed by atoms with van der Waals surface area (Å²) in [5.74, 6) is -0.860. The number of halogens is 2.